The van der Waals surface area contributed by atoms with Crippen molar-refractivity contribution in [1.82, 2.24) is 5.06 Å². The summed E-state index contributed by atoms with van der Waals surface area (Å²) in [5.74, 6) is 0.108. The summed E-state index contributed by atoms with van der Waals surface area (Å²) < 4.78 is 0. The van der Waals surface area contributed by atoms with Crippen LogP contribution < -0.4 is 0 Å². The first-order valence-corrected chi connectivity index (χ1v) is 10.8. The van der Waals surface area contributed by atoms with Crippen molar-refractivity contribution < 1.29 is 10.0 Å². The number of hydrogen-bond acceptors (Lipinski definition) is 2. The lowest BCUT2D eigenvalue weighted by molar-refractivity contribution is -0.177. The largest absolute Gasteiger partial charge is 0.286 e. The van der Waals surface area contributed by atoms with Crippen LogP contribution in [0.2, 0.25) is 0 Å². The molecule has 1 N–H and O–H groups in total. The summed E-state index contributed by atoms with van der Waals surface area (Å²) in [7, 11) is 0. The highest BCUT2D eigenvalue weighted by Crippen LogP contribution is 2.36. The van der Waals surface area contributed by atoms with E-state index < -0.39 is 0 Å². The van der Waals surface area contributed by atoms with Crippen LogP contribution in [0.5, 0.6) is 0 Å². The monoisotopic (exact) mass is 359 g/mol. The van der Waals surface area contributed by atoms with Gasteiger partial charge in [-0.25, -0.2) is 5.06 Å². The molecule has 1 amide bonds. The Morgan fingerprint density at radius 1 is 0.923 bits per heavy atom. The van der Waals surface area contributed by atoms with E-state index in [0.29, 0.717) is 6.54 Å². The van der Waals surface area contributed by atoms with E-state index in [1.165, 1.54) is 63.4 Å². The fourth-order valence-corrected chi connectivity index (χ4v) is 4.21. The highest BCUT2D eigenvalue weighted by Gasteiger charge is 2.36. The lowest BCUT2D eigenvalue weighted by Gasteiger charge is -2.35. The number of carbonyl (C=O) groups is 1. The van der Waals surface area contributed by atoms with Gasteiger partial charge in [-0.1, -0.05) is 101 Å². The number of hydroxylamine groups is 2. The molecule has 0 aromatic heterocycles. The summed E-state index contributed by atoms with van der Waals surface area (Å²) in [5.41, 5.74) is 1.24. The average molecular weight is 360 g/mol. The van der Waals surface area contributed by atoms with Crippen molar-refractivity contribution in [3.63, 3.8) is 0 Å². The van der Waals surface area contributed by atoms with Crippen molar-refractivity contribution in [1.29, 1.82) is 0 Å². The maximum atomic E-state index is 12.5. The van der Waals surface area contributed by atoms with Gasteiger partial charge in [0, 0.05) is 12.5 Å². The molecule has 0 unspecified atom stereocenters. The minimum Gasteiger partial charge on any atom is -0.286 e. The Morgan fingerprint density at radius 2 is 1.50 bits per heavy atom. The standard InChI is InChI=1S/C23H37NO2/c1-2-3-4-5-6-7-8-9-10-14-17-22-21(18-19-24(26)23(22)25)20-15-12-11-13-16-20/h11-13,15-16,21-22,26H,2-10,14,17-19H2,1H3/t21-,22-/m0/s1. The van der Waals surface area contributed by atoms with Crippen LogP contribution in [0.1, 0.15) is 95.5 Å². The Kier molecular flexibility index (Phi) is 9.76. The molecule has 1 aromatic carbocycles. The number of nitrogens with zero attached hydrogens (tertiary/aromatic N) is 1. The fourth-order valence-electron chi connectivity index (χ4n) is 4.21. The van der Waals surface area contributed by atoms with Crippen LogP contribution in [-0.4, -0.2) is 22.7 Å². The summed E-state index contributed by atoms with van der Waals surface area (Å²) in [5, 5.41) is 10.8. The van der Waals surface area contributed by atoms with E-state index in [4.69, 9.17) is 0 Å². The number of carbonyl (C=O) groups excluding carboxylic acids is 1. The van der Waals surface area contributed by atoms with Gasteiger partial charge in [0.2, 0.25) is 5.91 Å². The lowest BCUT2D eigenvalue weighted by Crippen LogP contribution is -2.42. The molecular formula is C23H37NO2. The summed E-state index contributed by atoms with van der Waals surface area (Å²) in [4.78, 5) is 12.5. The third-order valence-electron chi connectivity index (χ3n) is 5.81. The number of unbranched alkanes of at least 4 members (excludes halogenated alkanes) is 9. The van der Waals surface area contributed by atoms with E-state index >= 15 is 0 Å². The molecule has 1 heterocycles. The average Bonchev–Trinajstić information content (AvgIpc) is 2.67. The minimum atomic E-state index is -0.0824. The molecule has 0 spiro atoms. The molecule has 0 aliphatic carbocycles. The number of rotatable bonds is 12. The van der Waals surface area contributed by atoms with Gasteiger partial charge in [-0.2, -0.15) is 0 Å². The van der Waals surface area contributed by atoms with Gasteiger partial charge in [0.15, 0.2) is 0 Å². The van der Waals surface area contributed by atoms with Crippen LogP contribution in [0.3, 0.4) is 0 Å². The van der Waals surface area contributed by atoms with Crippen LogP contribution in [0.25, 0.3) is 0 Å². The van der Waals surface area contributed by atoms with Gasteiger partial charge in [-0.3, -0.25) is 10.0 Å². The van der Waals surface area contributed by atoms with Gasteiger partial charge in [0.25, 0.3) is 0 Å². The zero-order valence-corrected chi connectivity index (χ0v) is 16.5. The van der Waals surface area contributed by atoms with Crippen LogP contribution in [0.15, 0.2) is 30.3 Å². The Hall–Kier alpha value is -1.35. The van der Waals surface area contributed by atoms with E-state index in [9.17, 15) is 10.0 Å². The number of benzene rings is 1. The van der Waals surface area contributed by atoms with Gasteiger partial charge in [-0.15, -0.1) is 0 Å². The summed E-state index contributed by atoms with van der Waals surface area (Å²) in [6, 6.07) is 10.3. The third-order valence-corrected chi connectivity index (χ3v) is 5.81. The Labute approximate surface area is 159 Å². The van der Waals surface area contributed by atoms with Crippen molar-refractivity contribution in [3.05, 3.63) is 35.9 Å². The maximum absolute atomic E-state index is 12.5. The zero-order chi connectivity index (χ0) is 18.6. The third kappa shape index (κ3) is 6.75. The first-order chi connectivity index (χ1) is 12.7. The predicted octanol–water partition coefficient (Wildman–Crippen LogP) is 6.32. The molecule has 26 heavy (non-hydrogen) atoms. The molecule has 1 aliphatic heterocycles. The van der Waals surface area contributed by atoms with Crippen molar-refractivity contribution >= 4 is 5.91 Å². The molecule has 1 fully saturated rings. The van der Waals surface area contributed by atoms with Crippen molar-refractivity contribution in [2.75, 3.05) is 6.54 Å². The molecule has 1 aliphatic rings. The van der Waals surface area contributed by atoms with Crippen LogP contribution in [-0.2, 0) is 4.79 Å². The first kappa shape index (κ1) is 21.0. The van der Waals surface area contributed by atoms with E-state index in [2.05, 4.69) is 19.1 Å². The molecule has 0 bridgehead atoms. The van der Waals surface area contributed by atoms with Crippen molar-refractivity contribution in [3.8, 4) is 0 Å². The SMILES string of the molecule is CCCCCCCCCCCC[C@@H]1C(=O)N(O)CC[C@H]1c1ccccc1. The van der Waals surface area contributed by atoms with E-state index in [0.717, 1.165) is 24.3 Å². The second kappa shape index (κ2) is 12.1. The Balaban J connectivity index is 1.69. The van der Waals surface area contributed by atoms with Gasteiger partial charge in [-0.05, 0) is 24.3 Å². The smallest absolute Gasteiger partial charge is 0.249 e. The molecule has 2 rings (SSSR count). The normalized spacial score (nSPS) is 20.5. The fraction of sp³-hybridized carbons (Fsp3) is 0.696. The van der Waals surface area contributed by atoms with E-state index in [1.54, 1.807) is 0 Å². The lowest BCUT2D eigenvalue weighted by atomic mass is 9.78. The summed E-state index contributed by atoms with van der Waals surface area (Å²) in [6.07, 6.45) is 14.8. The van der Waals surface area contributed by atoms with E-state index in [-0.39, 0.29) is 17.7 Å². The van der Waals surface area contributed by atoms with Gasteiger partial charge in [0.05, 0.1) is 0 Å². The summed E-state index contributed by atoms with van der Waals surface area (Å²) >= 11 is 0. The molecule has 0 radical (unpaired) electrons. The molecule has 2 atom stereocenters. The second-order valence-corrected chi connectivity index (χ2v) is 7.84. The number of hydrogen-bond donors (Lipinski definition) is 1. The first-order valence-electron chi connectivity index (χ1n) is 10.8. The summed E-state index contributed by atoms with van der Waals surface area (Å²) in [6.45, 7) is 2.71. The molecule has 3 nitrogen and oxygen atoms in total. The van der Waals surface area contributed by atoms with Gasteiger partial charge in [0.1, 0.15) is 0 Å². The quantitative estimate of drug-likeness (QED) is 0.350. The van der Waals surface area contributed by atoms with Crippen LogP contribution in [0.4, 0.5) is 0 Å². The van der Waals surface area contributed by atoms with Crippen molar-refractivity contribution in [2.45, 2.75) is 89.9 Å². The molecule has 1 aromatic rings. The van der Waals surface area contributed by atoms with Crippen LogP contribution >= 0.6 is 0 Å². The van der Waals surface area contributed by atoms with Gasteiger partial charge < -0.3 is 0 Å². The van der Waals surface area contributed by atoms with Gasteiger partial charge >= 0.3 is 0 Å². The molecule has 1 saturated heterocycles. The minimum absolute atomic E-state index is 0.0646. The molecular weight excluding hydrogens is 322 g/mol. The van der Waals surface area contributed by atoms with E-state index in [1.807, 2.05) is 18.2 Å². The molecule has 0 saturated carbocycles. The maximum Gasteiger partial charge on any atom is 0.249 e. The van der Waals surface area contributed by atoms with Crippen LogP contribution in [0, 0.1) is 5.92 Å². The highest BCUT2D eigenvalue weighted by atomic mass is 16.5. The highest BCUT2D eigenvalue weighted by molar-refractivity contribution is 5.79. The Morgan fingerprint density at radius 3 is 2.12 bits per heavy atom. The zero-order valence-electron chi connectivity index (χ0n) is 16.5. The van der Waals surface area contributed by atoms with Crippen molar-refractivity contribution in [2.24, 2.45) is 5.92 Å². The predicted molar refractivity (Wildman–Crippen MR) is 107 cm³/mol. The Bertz CT molecular complexity index is 502. The number of piperidine rings is 1. The molecule has 146 valence electrons. The topological polar surface area (TPSA) is 40.5 Å². The second-order valence-electron chi connectivity index (χ2n) is 7.84. The molecule has 3 heteroatoms. The number of amides is 1.